The number of hydrogen-bond donors (Lipinski definition) is 2. The van der Waals surface area contributed by atoms with E-state index in [1.54, 1.807) is 20.2 Å². The Morgan fingerprint density at radius 1 is 1.21 bits per heavy atom. The topological polar surface area (TPSA) is 131 Å². The highest BCUT2D eigenvalue weighted by Crippen LogP contribution is 2.31. The Labute approximate surface area is 249 Å². The lowest BCUT2D eigenvalue weighted by atomic mass is 9.98. The number of piperazine rings is 1. The summed E-state index contributed by atoms with van der Waals surface area (Å²) < 4.78 is 41.1. The summed E-state index contributed by atoms with van der Waals surface area (Å²) in [5.74, 6) is -0.997. The zero-order valence-corrected chi connectivity index (χ0v) is 24.4. The van der Waals surface area contributed by atoms with Crippen LogP contribution in [-0.4, -0.2) is 97.1 Å². The minimum atomic E-state index is -4.70. The van der Waals surface area contributed by atoms with Crippen LogP contribution in [0.15, 0.2) is 23.2 Å². The number of rotatable bonds is 11. The molecule has 2 heterocycles. The lowest BCUT2D eigenvalue weighted by molar-refractivity contribution is -0.137. The fraction of sp³-hybridized carbons (Fsp3) is 0.536. The number of likely N-dealkylation sites (N-methyl/N-ethyl adjacent to an activating group) is 2. The molecule has 1 fully saturated rings. The van der Waals surface area contributed by atoms with Gasteiger partial charge in [-0.3, -0.25) is 9.59 Å². The number of hydrogen-bond acceptors (Lipinski definition) is 10. The monoisotopic (exact) mass is 608 g/mol. The van der Waals surface area contributed by atoms with Crippen molar-refractivity contribution in [3.63, 3.8) is 0 Å². The number of alkyl halides is 3. The third-order valence-corrected chi connectivity index (χ3v) is 7.74. The zero-order chi connectivity index (χ0) is 30.3. The average Bonchev–Trinajstić information content (AvgIpc) is 2.94. The van der Waals surface area contributed by atoms with Crippen LogP contribution in [0.5, 0.6) is 0 Å². The predicted molar refractivity (Wildman–Crippen MR) is 159 cm³/mol. The maximum absolute atomic E-state index is 13.7. The zero-order valence-electron chi connectivity index (χ0n) is 23.6. The number of ketones is 1. The van der Waals surface area contributed by atoms with Gasteiger partial charge in [-0.05, 0) is 57.0 Å². The highest BCUT2D eigenvalue weighted by Gasteiger charge is 2.32. The fourth-order valence-corrected chi connectivity index (χ4v) is 4.99. The normalized spacial score (nSPS) is 14.9. The molecule has 2 aromatic rings. The van der Waals surface area contributed by atoms with Crippen LogP contribution in [0.2, 0.25) is 0 Å². The van der Waals surface area contributed by atoms with Gasteiger partial charge >= 0.3 is 6.18 Å². The summed E-state index contributed by atoms with van der Waals surface area (Å²) in [6.07, 6.45) is -2.68. The lowest BCUT2D eigenvalue weighted by Crippen LogP contribution is -2.45. The van der Waals surface area contributed by atoms with E-state index in [4.69, 9.17) is 5.73 Å². The van der Waals surface area contributed by atoms with E-state index in [1.807, 2.05) is 6.07 Å². The second kappa shape index (κ2) is 15.2. The molecule has 1 aromatic carbocycles. The Morgan fingerprint density at radius 3 is 2.48 bits per heavy atom. The van der Waals surface area contributed by atoms with Crippen LogP contribution in [-0.2, 0) is 17.4 Å². The van der Waals surface area contributed by atoms with Gasteiger partial charge in [0, 0.05) is 51.8 Å². The SMILES string of the molecule is C.CSc1nc(N)nc(N(C)[C@@H](C)C(=O)Cc2cc(C(=O)NCCCN3CCN(C)CC3)cc(C(F)(F)F)c2)c1C#N. The molecule has 14 heteroatoms. The second-order valence-electron chi connectivity index (χ2n) is 10.0. The number of amides is 1. The van der Waals surface area contributed by atoms with Crippen LogP contribution in [0.3, 0.4) is 0 Å². The molecular weight excluding hydrogens is 569 g/mol. The van der Waals surface area contributed by atoms with E-state index in [0.717, 1.165) is 44.9 Å². The van der Waals surface area contributed by atoms with Gasteiger partial charge < -0.3 is 25.8 Å². The van der Waals surface area contributed by atoms with E-state index in [-0.39, 0.29) is 42.3 Å². The second-order valence-corrected chi connectivity index (χ2v) is 10.8. The van der Waals surface area contributed by atoms with Crippen LogP contribution in [0.1, 0.15) is 47.8 Å². The summed E-state index contributed by atoms with van der Waals surface area (Å²) in [5.41, 5.74) is 4.80. The number of benzene rings is 1. The van der Waals surface area contributed by atoms with Crippen molar-refractivity contribution < 1.29 is 22.8 Å². The molecule has 10 nitrogen and oxygen atoms in total. The number of aromatic nitrogens is 2. The highest BCUT2D eigenvalue weighted by atomic mass is 32.2. The van der Waals surface area contributed by atoms with Crippen molar-refractivity contribution in [2.45, 2.75) is 44.4 Å². The molecule has 1 aliphatic heterocycles. The first-order valence-electron chi connectivity index (χ1n) is 13.1. The molecule has 0 unspecified atom stereocenters. The summed E-state index contributed by atoms with van der Waals surface area (Å²) in [7, 11) is 3.61. The summed E-state index contributed by atoms with van der Waals surface area (Å²) in [5, 5.41) is 12.7. The number of nitrogens with two attached hydrogens (primary N) is 1. The van der Waals surface area contributed by atoms with E-state index < -0.39 is 29.5 Å². The van der Waals surface area contributed by atoms with Gasteiger partial charge in [-0.25, -0.2) is 4.98 Å². The first-order valence-corrected chi connectivity index (χ1v) is 14.3. The fourth-order valence-electron chi connectivity index (χ4n) is 4.46. The van der Waals surface area contributed by atoms with Gasteiger partial charge in [0.2, 0.25) is 5.95 Å². The molecule has 3 rings (SSSR count). The predicted octanol–water partition coefficient (Wildman–Crippen LogP) is 3.31. The molecule has 1 atom stereocenters. The number of halogens is 3. The number of nitrogens with one attached hydrogen (secondary N) is 1. The van der Waals surface area contributed by atoms with Gasteiger partial charge in [0.05, 0.1) is 11.6 Å². The molecule has 3 N–H and O–H groups in total. The number of anilines is 2. The maximum Gasteiger partial charge on any atom is 0.416 e. The summed E-state index contributed by atoms with van der Waals surface area (Å²) in [6, 6.07) is 4.14. The van der Waals surface area contributed by atoms with Crippen molar-refractivity contribution in [1.82, 2.24) is 25.1 Å². The van der Waals surface area contributed by atoms with Gasteiger partial charge in [-0.15, -0.1) is 11.8 Å². The van der Waals surface area contributed by atoms with E-state index in [1.165, 1.54) is 22.7 Å². The number of Topliss-reactive ketones (excluding diaryl/α,β-unsaturated/α-hetero) is 1. The Balaban J connectivity index is 0.00000616. The standard InChI is InChI=1S/C27H35F3N8O2S.CH4/c1-17(37(3)23-21(16-31)25(41-4)35-26(32)34-23)22(39)14-18-12-19(15-20(13-18)27(28,29)30)24(40)33-6-5-7-38-10-8-36(2)9-11-38;/h12-13,15,17H,5-11,14H2,1-4H3,(H,33,40)(H2,32,34,35);1H4/t17-;/m0./s1. The number of thioether (sulfide) groups is 1. The minimum Gasteiger partial charge on any atom is -0.368 e. The molecule has 0 radical (unpaired) electrons. The largest absolute Gasteiger partial charge is 0.416 e. The Morgan fingerprint density at radius 2 is 1.88 bits per heavy atom. The van der Waals surface area contributed by atoms with E-state index in [9.17, 15) is 28.0 Å². The molecule has 1 amide bonds. The summed E-state index contributed by atoms with van der Waals surface area (Å²) >= 11 is 1.20. The molecular formula is C28H39F3N8O2S. The summed E-state index contributed by atoms with van der Waals surface area (Å²) in [6.45, 7) is 6.47. The maximum atomic E-state index is 13.7. The smallest absolute Gasteiger partial charge is 0.368 e. The van der Waals surface area contributed by atoms with E-state index in [2.05, 4.69) is 32.1 Å². The van der Waals surface area contributed by atoms with Gasteiger partial charge in [-0.1, -0.05) is 7.43 Å². The third kappa shape index (κ3) is 9.04. The molecule has 1 aromatic heterocycles. The quantitative estimate of drug-likeness (QED) is 0.223. The van der Waals surface area contributed by atoms with Gasteiger partial charge in [0.15, 0.2) is 11.6 Å². The van der Waals surface area contributed by atoms with Crippen LogP contribution in [0, 0.1) is 11.3 Å². The van der Waals surface area contributed by atoms with Crippen LogP contribution < -0.4 is 16.0 Å². The van der Waals surface area contributed by atoms with Crippen LogP contribution in [0.25, 0.3) is 0 Å². The average molecular weight is 609 g/mol. The summed E-state index contributed by atoms with van der Waals surface area (Å²) in [4.78, 5) is 40.1. The van der Waals surface area contributed by atoms with Crippen molar-refractivity contribution in [3.05, 3.63) is 40.5 Å². The Bertz CT molecular complexity index is 1290. The van der Waals surface area contributed by atoms with Crippen LogP contribution in [0.4, 0.5) is 24.9 Å². The number of carbonyl (C=O) groups excluding carboxylic acids is 2. The molecule has 0 aliphatic carbocycles. The van der Waals surface area contributed by atoms with Crippen molar-refractivity contribution in [2.24, 2.45) is 0 Å². The molecule has 1 aliphatic rings. The molecule has 1 saturated heterocycles. The highest BCUT2D eigenvalue weighted by molar-refractivity contribution is 7.98. The van der Waals surface area contributed by atoms with E-state index >= 15 is 0 Å². The van der Waals surface area contributed by atoms with Crippen molar-refractivity contribution in [3.8, 4) is 6.07 Å². The number of carbonyl (C=O) groups is 2. The number of nitriles is 1. The van der Waals surface area contributed by atoms with Gasteiger partial charge in [0.1, 0.15) is 16.7 Å². The van der Waals surface area contributed by atoms with E-state index in [0.29, 0.717) is 18.0 Å². The first-order chi connectivity index (χ1) is 19.3. The third-order valence-electron chi connectivity index (χ3n) is 7.05. The Kier molecular flexibility index (Phi) is 12.6. The van der Waals surface area contributed by atoms with Gasteiger partial charge in [-0.2, -0.15) is 23.4 Å². The Hall–Kier alpha value is -3.41. The lowest BCUT2D eigenvalue weighted by Gasteiger charge is -2.32. The number of nitrogen functional groups attached to an aromatic ring is 1. The van der Waals surface area contributed by atoms with Gasteiger partial charge in [0.25, 0.3) is 5.91 Å². The van der Waals surface area contributed by atoms with Crippen molar-refractivity contribution >= 4 is 35.2 Å². The van der Waals surface area contributed by atoms with Crippen molar-refractivity contribution in [1.29, 1.82) is 5.26 Å². The minimum absolute atomic E-state index is 0. The molecule has 0 spiro atoms. The van der Waals surface area contributed by atoms with Crippen LogP contribution >= 0.6 is 11.8 Å². The molecule has 0 saturated carbocycles. The van der Waals surface area contributed by atoms with Crippen molar-refractivity contribution in [2.75, 3.05) is 70.3 Å². The first kappa shape index (κ1) is 34.8. The molecule has 230 valence electrons. The number of nitrogens with zero attached hydrogens (tertiary/aromatic N) is 6. The molecule has 42 heavy (non-hydrogen) atoms. The molecule has 0 bridgehead atoms.